The lowest BCUT2D eigenvalue weighted by molar-refractivity contribution is -0.123. The van der Waals surface area contributed by atoms with Crippen molar-refractivity contribution in [1.29, 1.82) is 0 Å². The number of para-hydroxylation sites is 1. The number of nitrogens with zero attached hydrogens (tertiary/aromatic N) is 2. The zero-order valence-corrected chi connectivity index (χ0v) is 17.9. The maximum Gasteiger partial charge on any atom is 0.547 e. The van der Waals surface area contributed by atoms with Gasteiger partial charge in [0.25, 0.3) is 5.91 Å². The highest BCUT2D eigenvalue weighted by molar-refractivity contribution is 7.13. The molecule has 0 saturated carbocycles. The molecular formula is C18H16BN5O6S2. The number of carbonyl (C=O) groups is 3. The Bertz CT molecular complexity index is 1170. The molecule has 2 amide bonds. The van der Waals surface area contributed by atoms with E-state index in [-0.39, 0.29) is 33.6 Å². The van der Waals surface area contributed by atoms with Crippen molar-refractivity contribution in [1.82, 2.24) is 20.6 Å². The summed E-state index contributed by atoms with van der Waals surface area (Å²) in [5.74, 6) is -3.25. The highest BCUT2D eigenvalue weighted by Gasteiger charge is 2.39. The SMILES string of the molecule is Nc1nc(C(NC(=O)c2nccs2)C(=O)N[C@H]2Cc3cccc(C(=O)O)c3OB2O)cs1. The third-order valence-corrected chi connectivity index (χ3v) is 6.14. The van der Waals surface area contributed by atoms with Crippen molar-refractivity contribution >= 4 is 52.7 Å². The number of carboxylic acid groups (broad SMARTS) is 1. The Morgan fingerprint density at radius 3 is 2.78 bits per heavy atom. The Morgan fingerprint density at radius 1 is 1.31 bits per heavy atom. The van der Waals surface area contributed by atoms with Gasteiger partial charge < -0.3 is 31.2 Å². The molecule has 2 aromatic heterocycles. The monoisotopic (exact) mass is 473 g/mol. The van der Waals surface area contributed by atoms with E-state index in [1.807, 2.05) is 0 Å². The summed E-state index contributed by atoms with van der Waals surface area (Å²) in [7, 11) is -1.50. The maximum atomic E-state index is 13.1. The number of hydrogen-bond acceptors (Lipinski definition) is 10. The number of benzene rings is 1. The molecule has 0 fully saturated rings. The first kappa shape index (κ1) is 21.7. The Hall–Kier alpha value is -3.49. The first-order valence-electron chi connectivity index (χ1n) is 9.25. The molecule has 14 heteroatoms. The van der Waals surface area contributed by atoms with E-state index in [1.165, 1.54) is 12.3 Å². The molecule has 32 heavy (non-hydrogen) atoms. The number of fused-ring (bicyclic) bond motifs is 1. The molecule has 4 rings (SSSR count). The fourth-order valence-electron chi connectivity index (χ4n) is 3.22. The minimum absolute atomic E-state index is 0.0545. The van der Waals surface area contributed by atoms with Gasteiger partial charge in [-0.15, -0.1) is 22.7 Å². The van der Waals surface area contributed by atoms with Gasteiger partial charge in [0.1, 0.15) is 5.75 Å². The van der Waals surface area contributed by atoms with E-state index in [9.17, 15) is 24.5 Å². The van der Waals surface area contributed by atoms with Gasteiger partial charge in [-0.05, 0) is 18.1 Å². The molecule has 2 atom stereocenters. The number of anilines is 1. The number of carbonyl (C=O) groups excluding carboxylic acids is 2. The van der Waals surface area contributed by atoms with E-state index >= 15 is 0 Å². The highest BCUT2D eigenvalue weighted by Crippen LogP contribution is 2.30. The Kier molecular flexibility index (Phi) is 6.07. The second-order valence-corrected chi connectivity index (χ2v) is 8.57. The molecule has 3 aromatic rings. The molecule has 1 unspecified atom stereocenters. The molecule has 3 heterocycles. The zero-order valence-electron chi connectivity index (χ0n) is 16.2. The van der Waals surface area contributed by atoms with Crippen LogP contribution >= 0.6 is 22.7 Å². The molecule has 1 aliphatic heterocycles. The number of aromatic carboxylic acids is 1. The van der Waals surface area contributed by atoms with Gasteiger partial charge in [-0.3, -0.25) is 9.59 Å². The van der Waals surface area contributed by atoms with Crippen LogP contribution in [0.5, 0.6) is 5.75 Å². The van der Waals surface area contributed by atoms with Crippen molar-refractivity contribution in [3.8, 4) is 5.75 Å². The van der Waals surface area contributed by atoms with Crippen LogP contribution in [-0.4, -0.2) is 50.9 Å². The molecule has 0 saturated heterocycles. The normalized spacial score (nSPS) is 15.9. The van der Waals surface area contributed by atoms with Crippen LogP contribution < -0.4 is 21.0 Å². The molecule has 164 valence electrons. The second-order valence-electron chi connectivity index (χ2n) is 6.78. The molecule has 6 N–H and O–H groups in total. The Morgan fingerprint density at radius 2 is 2.12 bits per heavy atom. The van der Waals surface area contributed by atoms with E-state index in [0.29, 0.717) is 5.56 Å². The van der Waals surface area contributed by atoms with Crippen molar-refractivity contribution < 1.29 is 29.2 Å². The number of nitrogens with one attached hydrogen (secondary N) is 2. The Labute approximate surface area is 189 Å². The van der Waals surface area contributed by atoms with Crippen LogP contribution in [0, 0.1) is 0 Å². The van der Waals surface area contributed by atoms with Crippen LogP contribution in [0.2, 0.25) is 0 Å². The van der Waals surface area contributed by atoms with Gasteiger partial charge >= 0.3 is 13.1 Å². The largest absolute Gasteiger partial charge is 0.547 e. The second kappa shape index (κ2) is 8.94. The third kappa shape index (κ3) is 4.42. The summed E-state index contributed by atoms with van der Waals surface area (Å²) in [6.07, 6.45) is 1.59. The fourth-order valence-corrected chi connectivity index (χ4v) is 4.34. The van der Waals surface area contributed by atoms with E-state index < -0.39 is 36.9 Å². The zero-order chi connectivity index (χ0) is 22.8. The van der Waals surface area contributed by atoms with Crippen LogP contribution in [0.15, 0.2) is 35.2 Å². The summed E-state index contributed by atoms with van der Waals surface area (Å²) in [5.41, 5.74) is 6.35. The lowest BCUT2D eigenvalue weighted by Gasteiger charge is -2.30. The van der Waals surface area contributed by atoms with E-state index in [4.69, 9.17) is 10.4 Å². The summed E-state index contributed by atoms with van der Waals surface area (Å²) in [6.45, 7) is 0. The number of nitrogen functional groups attached to an aromatic ring is 1. The predicted octanol–water partition coefficient (Wildman–Crippen LogP) is 0.491. The van der Waals surface area contributed by atoms with Crippen LogP contribution in [0.3, 0.4) is 0 Å². The average molecular weight is 473 g/mol. The van der Waals surface area contributed by atoms with Gasteiger partial charge in [-0.25, -0.2) is 14.8 Å². The first-order chi connectivity index (χ1) is 15.3. The van der Waals surface area contributed by atoms with Crippen molar-refractivity contribution in [2.24, 2.45) is 0 Å². The Balaban J connectivity index is 1.55. The lowest BCUT2D eigenvalue weighted by Crippen LogP contribution is -2.55. The molecule has 0 radical (unpaired) electrons. The summed E-state index contributed by atoms with van der Waals surface area (Å²) >= 11 is 2.22. The lowest BCUT2D eigenvalue weighted by atomic mass is 9.72. The van der Waals surface area contributed by atoms with E-state index in [2.05, 4.69) is 20.6 Å². The van der Waals surface area contributed by atoms with Crippen LogP contribution in [-0.2, 0) is 11.2 Å². The first-order valence-corrected chi connectivity index (χ1v) is 11.0. The number of thiazole rings is 2. The van der Waals surface area contributed by atoms with Gasteiger partial charge in [0.15, 0.2) is 16.2 Å². The molecule has 0 spiro atoms. The van der Waals surface area contributed by atoms with E-state index in [0.717, 1.165) is 22.7 Å². The third-order valence-electron chi connectivity index (χ3n) is 4.68. The minimum Gasteiger partial charge on any atom is -0.534 e. The summed E-state index contributed by atoms with van der Waals surface area (Å²) < 4.78 is 5.40. The van der Waals surface area contributed by atoms with Gasteiger partial charge in [0.2, 0.25) is 5.91 Å². The van der Waals surface area contributed by atoms with Crippen LogP contribution in [0.1, 0.15) is 37.5 Å². The minimum atomic E-state index is -1.50. The number of rotatable bonds is 6. The van der Waals surface area contributed by atoms with Gasteiger partial charge in [0, 0.05) is 17.0 Å². The predicted molar refractivity (Wildman–Crippen MR) is 116 cm³/mol. The van der Waals surface area contributed by atoms with Gasteiger partial charge in [-0.1, -0.05) is 12.1 Å². The number of carboxylic acids is 1. The molecule has 0 aliphatic carbocycles. The fraction of sp³-hybridized carbons (Fsp3) is 0.167. The number of hydrogen-bond donors (Lipinski definition) is 5. The average Bonchev–Trinajstić information content (AvgIpc) is 3.44. The molecule has 0 bridgehead atoms. The standard InChI is InChI=1S/C18H16BN5O6S2/c20-18-22-10(7-32-18)12(24-15(26)16-21-4-5-31-16)14(25)23-11-6-8-2-1-3-9(17(27)28)13(8)30-19(11)29/h1-5,7,11-12,29H,6H2,(H2,20,22)(H,23,25)(H,24,26)(H,27,28)/t11-,12?/m0/s1. The molecular weight excluding hydrogens is 457 g/mol. The highest BCUT2D eigenvalue weighted by atomic mass is 32.1. The number of amides is 2. The topological polar surface area (TPSA) is 177 Å². The summed E-state index contributed by atoms with van der Waals surface area (Å²) in [5, 5.41) is 28.5. The number of aromatic nitrogens is 2. The van der Waals surface area contributed by atoms with Crippen molar-refractivity contribution in [2.75, 3.05) is 5.73 Å². The van der Waals surface area contributed by atoms with Crippen LogP contribution in [0.4, 0.5) is 5.13 Å². The van der Waals surface area contributed by atoms with Crippen molar-refractivity contribution in [3.63, 3.8) is 0 Å². The molecule has 1 aliphatic rings. The smallest absolute Gasteiger partial charge is 0.534 e. The molecule has 1 aromatic carbocycles. The quantitative estimate of drug-likeness (QED) is 0.319. The summed E-state index contributed by atoms with van der Waals surface area (Å²) in [4.78, 5) is 45.0. The number of nitrogens with two attached hydrogens (primary N) is 1. The van der Waals surface area contributed by atoms with Crippen molar-refractivity contribution in [3.05, 3.63) is 57.0 Å². The van der Waals surface area contributed by atoms with E-state index in [1.54, 1.807) is 22.9 Å². The molecule has 11 nitrogen and oxygen atoms in total. The summed E-state index contributed by atoms with van der Waals surface area (Å²) in [6, 6.07) is 3.37. The van der Waals surface area contributed by atoms with Crippen molar-refractivity contribution in [2.45, 2.75) is 18.4 Å². The van der Waals surface area contributed by atoms with Gasteiger partial charge in [-0.2, -0.15) is 0 Å². The van der Waals surface area contributed by atoms with Crippen LogP contribution in [0.25, 0.3) is 0 Å². The van der Waals surface area contributed by atoms with Gasteiger partial charge in [0.05, 0.1) is 17.2 Å². The maximum absolute atomic E-state index is 13.1.